The molecule has 0 bridgehead atoms. The zero-order valence-electron chi connectivity index (χ0n) is 10.3. The van der Waals surface area contributed by atoms with Gasteiger partial charge >= 0.3 is 5.97 Å². The van der Waals surface area contributed by atoms with E-state index in [2.05, 4.69) is 13.5 Å². The predicted molar refractivity (Wildman–Crippen MR) is 63.2 cm³/mol. The van der Waals surface area contributed by atoms with E-state index in [1.807, 2.05) is 13.0 Å². The lowest BCUT2D eigenvalue weighted by molar-refractivity contribution is -0.162. The molecule has 0 unspecified atom stereocenters. The molecule has 92 valence electrons. The second-order valence-corrected chi connectivity index (χ2v) is 4.48. The van der Waals surface area contributed by atoms with E-state index in [9.17, 15) is 4.79 Å². The fraction of sp³-hybridized carbons (Fsp3) is 0.769. The third-order valence-electron chi connectivity index (χ3n) is 2.98. The van der Waals surface area contributed by atoms with Crippen LogP contribution in [-0.2, 0) is 14.3 Å². The van der Waals surface area contributed by atoms with Gasteiger partial charge in [-0.15, -0.1) is 6.58 Å². The van der Waals surface area contributed by atoms with E-state index in [1.165, 1.54) is 0 Å². The summed E-state index contributed by atoms with van der Waals surface area (Å²) in [6.07, 6.45) is 6.21. The van der Waals surface area contributed by atoms with E-state index >= 15 is 0 Å². The molecule has 0 aromatic carbocycles. The van der Waals surface area contributed by atoms with E-state index < -0.39 is 0 Å². The van der Waals surface area contributed by atoms with E-state index in [0.29, 0.717) is 13.0 Å². The monoisotopic (exact) mass is 226 g/mol. The Labute approximate surface area is 97.8 Å². The summed E-state index contributed by atoms with van der Waals surface area (Å²) >= 11 is 0. The Morgan fingerprint density at radius 2 is 2.44 bits per heavy atom. The molecule has 1 aliphatic heterocycles. The van der Waals surface area contributed by atoms with Gasteiger partial charge in [-0.1, -0.05) is 6.08 Å². The van der Waals surface area contributed by atoms with Gasteiger partial charge in [0.25, 0.3) is 0 Å². The molecule has 1 heterocycles. The number of rotatable bonds is 5. The molecule has 16 heavy (non-hydrogen) atoms. The summed E-state index contributed by atoms with van der Waals surface area (Å²) in [6, 6.07) is 0. The van der Waals surface area contributed by atoms with Crippen molar-refractivity contribution in [3.63, 3.8) is 0 Å². The minimum Gasteiger partial charge on any atom is -0.466 e. The van der Waals surface area contributed by atoms with Gasteiger partial charge in [0, 0.05) is 0 Å². The Bertz CT molecular complexity index is 250. The number of carbonyl (C=O) groups is 1. The van der Waals surface area contributed by atoms with E-state index in [0.717, 1.165) is 25.7 Å². The molecule has 0 aliphatic carbocycles. The SMILES string of the molecule is C=CC[C@@]1(CC(=O)OCC)CCC[C@H](C)O1. The molecular weight excluding hydrogens is 204 g/mol. The third kappa shape index (κ3) is 3.63. The van der Waals surface area contributed by atoms with Crippen molar-refractivity contribution in [3.8, 4) is 0 Å². The Kier molecular flexibility index (Phi) is 5.00. The van der Waals surface area contributed by atoms with Gasteiger partial charge in [-0.2, -0.15) is 0 Å². The maximum Gasteiger partial charge on any atom is 0.308 e. The normalized spacial score (nSPS) is 29.8. The van der Waals surface area contributed by atoms with Crippen molar-refractivity contribution in [2.75, 3.05) is 6.61 Å². The molecule has 0 spiro atoms. The molecule has 1 fully saturated rings. The average molecular weight is 226 g/mol. The van der Waals surface area contributed by atoms with Crippen LogP contribution in [0.1, 0.15) is 46.0 Å². The summed E-state index contributed by atoms with van der Waals surface area (Å²) in [7, 11) is 0. The van der Waals surface area contributed by atoms with Crippen LogP contribution < -0.4 is 0 Å². The molecule has 1 rings (SSSR count). The summed E-state index contributed by atoms with van der Waals surface area (Å²) in [5.74, 6) is -0.168. The highest BCUT2D eigenvalue weighted by Crippen LogP contribution is 2.35. The van der Waals surface area contributed by atoms with E-state index in [1.54, 1.807) is 0 Å². The highest BCUT2D eigenvalue weighted by atomic mass is 16.5. The van der Waals surface area contributed by atoms with Crippen LogP contribution in [0.3, 0.4) is 0 Å². The maximum atomic E-state index is 11.6. The first-order valence-corrected chi connectivity index (χ1v) is 6.06. The summed E-state index contributed by atoms with van der Waals surface area (Å²) in [5.41, 5.74) is -0.369. The molecule has 0 N–H and O–H groups in total. The summed E-state index contributed by atoms with van der Waals surface area (Å²) in [4.78, 5) is 11.6. The standard InChI is InChI=1S/C13H22O3/c1-4-8-13(10-12(14)15-5-2)9-6-7-11(3)16-13/h4,11H,1,5-10H2,2-3H3/t11-,13-/m0/s1. The maximum absolute atomic E-state index is 11.6. The second-order valence-electron chi connectivity index (χ2n) is 4.48. The average Bonchev–Trinajstić information content (AvgIpc) is 2.17. The number of hydrogen-bond donors (Lipinski definition) is 0. The largest absolute Gasteiger partial charge is 0.466 e. The van der Waals surface area contributed by atoms with Gasteiger partial charge in [-0.3, -0.25) is 4.79 Å². The van der Waals surface area contributed by atoms with Crippen LogP contribution in [-0.4, -0.2) is 24.3 Å². The first-order chi connectivity index (χ1) is 7.62. The van der Waals surface area contributed by atoms with Crippen LogP contribution in [0.15, 0.2) is 12.7 Å². The summed E-state index contributed by atoms with van der Waals surface area (Å²) in [5, 5.41) is 0. The van der Waals surface area contributed by atoms with E-state index in [4.69, 9.17) is 9.47 Å². The van der Waals surface area contributed by atoms with Gasteiger partial charge in [0.2, 0.25) is 0 Å². The number of ether oxygens (including phenoxy) is 2. The molecule has 0 radical (unpaired) electrons. The molecule has 1 aliphatic rings. The first kappa shape index (κ1) is 13.2. The molecule has 3 heteroatoms. The number of esters is 1. The first-order valence-electron chi connectivity index (χ1n) is 6.06. The predicted octanol–water partition coefficient (Wildman–Crippen LogP) is 2.84. The van der Waals surface area contributed by atoms with Gasteiger partial charge in [0.05, 0.1) is 24.7 Å². The smallest absolute Gasteiger partial charge is 0.308 e. The number of hydrogen-bond acceptors (Lipinski definition) is 3. The minimum atomic E-state index is -0.369. The van der Waals surface area contributed by atoms with Crippen molar-refractivity contribution in [1.29, 1.82) is 0 Å². The molecule has 1 saturated heterocycles. The van der Waals surface area contributed by atoms with Gasteiger partial charge in [-0.25, -0.2) is 0 Å². The molecule has 2 atom stereocenters. The fourth-order valence-corrected chi connectivity index (χ4v) is 2.35. The zero-order chi connectivity index (χ0) is 12.0. The Hall–Kier alpha value is -0.830. The lowest BCUT2D eigenvalue weighted by Gasteiger charge is -2.39. The Morgan fingerprint density at radius 1 is 1.69 bits per heavy atom. The zero-order valence-corrected chi connectivity index (χ0v) is 10.3. The minimum absolute atomic E-state index is 0.168. The van der Waals surface area contributed by atoms with Gasteiger partial charge in [-0.05, 0) is 39.5 Å². The van der Waals surface area contributed by atoms with Crippen LogP contribution in [0.2, 0.25) is 0 Å². The Balaban J connectivity index is 2.63. The van der Waals surface area contributed by atoms with Gasteiger partial charge < -0.3 is 9.47 Å². The molecule has 0 aromatic rings. The Morgan fingerprint density at radius 3 is 3.00 bits per heavy atom. The van der Waals surface area contributed by atoms with Crippen molar-refractivity contribution in [2.45, 2.75) is 57.7 Å². The summed E-state index contributed by atoms with van der Waals surface area (Å²) < 4.78 is 11.0. The third-order valence-corrected chi connectivity index (χ3v) is 2.98. The van der Waals surface area contributed by atoms with Crippen LogP contribution in [0.4, 0.5) is 0 Å². The van der Waals surface area contributed by atoms with Gasteiger partial charge in [0.15, 0.2) is 0 Å². The van der Waals surface area contributed by atoms with E-state index in [-0.39, 0.29) is 17.7 Å². The quantitative estimate of drug-likeness (QED) is 0.534. The molecule has 0 aromatic heterocycles. The fourth-order valence-electron chi connectivity index (χ4n) is 2.35. The van der Waals surface area contributed by atoms with Crippen LogP contribution in [0, 0.1) is 0 Å². The molecule has 0 amide bonds. The molecular formula is C13H22O3. The second kappa shape index (κ2) is 6.04. The highest BCUT2D eigenvalue weighted by Gasteiger charge is 2.37. The van der Waals surface area contributed by atoms with Crippen molar-refractivity contribution in [2.24, 2.45) is 0 Å². The van der Waals surface area contributed by atoms with Crippen molar-refractivity contribution in [3.05, 3.63) is 12.7 Å². The van der Waals surface area contributed by atoms with Crippen molar-refractivity contribution in [1.82, 2.24) is 0 Å². The van der Waals surface area contributed by atoms with Crippen LogP contribution in [0.25, 0.3) is 0 Å². The lowest BCUT2D eigenvalue weighted by atomic mass is 9.86. The summed E-state index contributed by atoms with van der Waals surface area (Å²) in [6.45, 7) is 8.05. The van der Waals surface area contributed by atoms with Gasteiger partial charge in [0.1, 0.15) is 0 Å². The molecule has 3 nitrogen and oxygen atoms in total. The van der Waals surface area contributed by atoms with Crippen molar-refractivity contribution < 1.29 is 14.3 Å². The van der Waals surface area contributed by atoms with Crippen LogP contribution >= 0.6 is 0 Å². The highest BCUT2D eigenvalue weighted by molar-refractivity contribution is 5.70. The number of carbonyl (C=O) groups excluding carboxylic acids is 1. The lowest BCUT2D eigenvalue weighted by Crippen LogP contribution is -2.41. The van der Waals surface area contributed by atoms with Crippen molar-refractivity contribution >= 4 is 5.97 Å². The topological polar surface area (TPSA) is 35.5 Å². The molecule has 0 saturated carbocycles. The van der Waals surface area contributed by atoms with Crippen LogP contribution in [0.5, 0.6) is 0 Å².